The number of carboxylic acids is 1. The SMILES string of the molecule is CCCC(C)(C)NC(=O)NC1C2CCC(C2)C1C(=O)O. The van der Waals surface area contributed by atoms with Crippen molar-refractivity contribution >= 4 is 12.0 Å². The molecule has 0 heterocycles. The van der Waals surface area contributed by atoms with Crippen LogP contribution < -0.4 is 10.6 Å². The zero-order chi connectivity index (χ0) is 14.9. The maximum atomic E-state index is 12.1. The number of nitrogens with one attached hydrogen (secondary N) is 2. The molecule has 0 spiro atoms. The Kier molecular flexibility index (Phi) is 4.25. The Morgan fingerprint density at radius 3 is 2.50 bits per heavy atom. The van der Waals surface area contributed by atoms with Gasteiger partial charge in [0.05, 0.1) is 5.92 Å². The van der Waals surface area contributed by atoms with Gasteiger partial charge in [0.1, 0.15) is 0 Å². The van der Waals surface area contributed by atoms with Crippen molar-refractivity contribution < 1.29 is 14.7 Å². The molecule has 0 aromatic heterocycles. The number of rotatable bonds is 5. The number of aliphatic carboxylic acids is 1. The largest absolute Gasteiger partial charge is 0.481 e. The second-order valence-electron chi connectivity index (χ2n) is 6.96. The lowest BCUT2D eigenvalue weighted by molar-refractivity contribution is -0.144. The lowest BCUT2D eigenvalue weighted by Gasteiger charge is -2.31. The van der Waals surface area contributed by atoms with E-state index in [0.717, 1.165) is 32.1 Å². The highest BCUT2D eigenvalue weighted by molar-refractivity contribution is 5.78. The maximum Gasteiger partial charge on any atom is 0.315 e. The Hall–Kier alpha value is -1.26. The number of fused-ring (bicyclic) bond motifs is 2. The Balaban J connectivity index is 1.95. The average molecular weight is 282 g/mol. The first kappa shape index (κ1) is 15.1. The third-order valence-electron chi connectivity index (χ3n) is 4.83. The smallest absolute Gasteiger partial charge is 0.315 e. The molecule has 2 saturated carbocycles. The number of carboxylic acid groups (broad SMARTS) is 1. The molecule has 2 aliphatic rings. The highest BCUT2D eigenvalue weighted by atomic mass is 16.4. The van der Waals surface area contributed by atoms with Gasteiger partial charge in [-0.25, -0.2) is 4.79 Å². The highest BCUT2D eigenvalue weighted by Gasteiger charge is 2.51. The zero-order valence-electron chi connectivity index (χ0n) is 12.6. The van der Waals surface area contributed by atoms with Crippen molar-refractivity contribution in [3.05, 3.63) is 0 Å². The molecule has 2 bridgehead atoms. The van der Waals surface area contributed by atoms with Gasteiger partial charge in [-0.15, -0.1) is 0 Å². The van der Waals surface area contributed by atoms with Crippen LogP contribution in [0.5, 0.6) is 0 Å². The Morgan fingerprint density at radius 1 is 1.25 bits per heavy atom. The first-order chi connectivity index (χ1) is 9.34. The quantitative estimate of drug-likeness (QED) is 0.724. The molecule has 0 saturated heterocycles. The fraction of sp³-hybridized carbons (Fsp3) is 0.867. The summed E-state index contributed by atoms with van der Waals surface area (Å²) in [4.78, 5) is 23.5. The van der Waals surface area contributed by atoms with Gasteiger partial charge in [-0.3, -0.25) is 4.79 Å². The molecule has 0 radical (unpaired) electrons. The van der Waals surface area contributed by atoms with Gasteiger partial charge in [0.25, 0.3) is 0 Å². The number of urea groups is 1. The third-order valence-corrected chi connectivity index (χ3v) is 4.83. The van der Waals surface area contributed by atoms with Crippen LogP contribution in [0.1, 0.15) is 52.9 Å². The van der Waals surface area contributed by atoms with Crippen LogP contribution >= 0.6 is 0 Å². The minimum atomic E-state index is -0.768. The minimum Gasteiger partial charge on any atom is -0.481 e. The summed E-state index contributed by atoms with van der Waals surface area (Å²) in [7, 11) is 0. The number of carbonyl (C=O) groups is 2. The predicted octanol–water partition coefficient (Wildman–Crippen LogP) is 2.36. The molecule has 0 aromatic carbocycles. The first-order valence-corrected chi connectivity index (χ1v) is 7.65. The van der Waals surface area contributed by atoms with Crippen LogP contribution in [0.4, 0.5) is 4.79 Å². The summed E-state index contributed by atoms with van der Waals surface area (Å²) in [6, 6.07) is -0.434. The summed E-state index contributed by atoms with van der Waals surface area (Å²) in [6.45, 7) is 6.06. The van der Waals surface area contributed by atoms with Crippen molar-refractivity contribution in [2.45, 2.75) is 64.5 Å². The predicted molar refractivity (Wildman–Crippen MR) is 76.4 cm³/mol. The van der Waals surface area contributed by atoms with E-state index in [2.05, 4.69) is 17.6 Å². The summed E-state index contributed by atoms with van der Waals surface area (Å²) >= 11 is 0. The number of hydrogen-bond acceptors (Lipinski definition) is 2. The van der Waals surface area contributed by atoms with E-state index in [4.69, 9.17) is 0 Å². The van der Waals surface area contributed by atoms with Crippen LogP contribution in [-0.4, -0.2) is 28.7 Å². The van der Waals surface area contributed by atoms with Crippen molar-refractivity contribution in [2.24, 2.45) is 17.8 Å². The number of carbonyl (C=O) groups excluding carboxylic acids is 1. The Morgan fingerprint density at radius 2 is 1.90 bits per heavy atom. The molecule has 5 heteroatoms. The first-order valence-electron chi connectivity index (χ1n) is 7.65. The van der Waals surface area contributed by atoms with Crippen LogP contribution in [-0.2, 0) is 4.79 Å². The van der Waals surface area contributed by atoms with Crippen LogP contribution in [0.25, 0.3) is 0 Å². The van der Waals surface area contributed by atoms with E-state index < -0.39 is 11.9 Å². The van der Waals surface area contributed by atoms with Gasteiger partial charge in [-0.2, -0.15) is 0 Å². The molecule has 0 aromatic rings. The average Bonchev–Trinajstić information content (AvgIpc) is 2.87. The molecule has 4 unspecified atom stereocenters. The van der Waals surface area contributed by atoms with Crippen LogP contribution in [0, 0.1) is 17.8 Å². The van der Waals surface area contributed by atoms with Crippen LogP contribution in [0.15, 0.2) is 0 Å². The molecule has 2 aliphatic carbocycles. The molecular weight excluding hydrogens is 256 g/mol. The maximum absolute atomic E-state index is 12.1. The van der Waals surface area contributed by atoms with E-state index in [1.54, 1.807) is 0 Å². The Bertz CT molecular complexity index is 395. The normalized spacial score (nSPS) is 32.1. The van der Waals surface area contributed by atoms with Crippen molar-refractivity contribution in [1.82, 2.24) is 10.6 Å². The van der Waals surface area contributed by atoms with Gasteiger partial charge < -0.3 is 15.7 Å². The second kappa shape index (κ2) is 5.62. The molecule has 4 atom stereocenters. The molecule has 5 nitrogen and oxygen atoms in total. The molecule has 114 valence electrons. The van der Waals surface area contributed by atoms with Crippen LogP contribution in [0.2, 0.25) is 0 Å². The fourth-order valence-corrected chi connectivity index (χ4v) is 4.04. The van der Waals surface area contributed by atoms with Crippen molar-refractivity contribution in [3.63, 3.8) is 0 Å². The van der Waals surface area contributed by atoms with Crippen molar-refractivity contribution in [1.29, 1.82) is 0 Å². The van der Waals surface area contributed by atoms with E-state index in [1.807, 2.05) is 13.8 Å². The second-order valence-corrected chi connectivity index (χ2v) is 6.96. The minimum absolute atomic E-state index is 0.205. The van der Waals surface area contributed by atoms with E-state index >= 15 is 0 Å². The number of hydrogen-bond donors (Lipinski definition) is 3. The standard InChI is InChI=1S/C15H26N2O3/c1-4-7-15(2,3)17-14(20)16-12-10-6-5-9(8-10)11(12)13(18)19/h9-12H,4-8H2,1-3H3,(H,18,19)(H2,16,17,20). The lowest BCUT2D eigenvalue weighted by atomic mass is 9.84. The van der Waals surface area contributed by atoms with E-state index in [0.29, 0.717) is 5.92 Å². The summed E-state index contributed by atoms with van der Waals surface area (Å²) in [5, 5.41) is 15.2. The monoisotopic (exact) mass is 282 g/mol. The molecule has 3 N–H and O–H groups in total. The highest BCUT2D eigenvalue weighted by Crippen LogP contribution is 2.48. The van der Waals surface area contributed by atoms with Gasteiger partial charge in [0.15, 0.2) is 0 Å². The molecular formula is C15H26N2O3. The van der Waals surface area contributed by atoms with Crippen molar-refractivity contribution in [2.75, 3.05) is 0 Å². The van der Waals surface area contributed by atoms with Gasteiger partial charge >= 0.3 is 12.0 Å². The van der Waals surface area contributed by atoms with Crippen molar-refractivity contribution in [3.8, 4) is 0 Å². The zero-order valence-corrected chi connectivity index (χ0v) is 12.6. The Labute approximate surface area is 120 Å². The van der Waals surface area contributed by atoms with E-state index in [9.17, 15) is 14.7 Å². The van der Waals surface area contributed by atoms with Gasteiger partial charge in [0.2, 0.25) is 0 Å². The summed E-state index contributed by atoms with van der Waals surface area (Å²) in [5.41, 5.74) is -0.255. The molecule has 2 fully saturated rings. The summed E-state index contributed by atoms with van der Waals surface area (Å²) in [5.74, 6) is -0.600. The van der Waals surface area contributed by atoms with E-state index in [-0.39, 0.29) is 23.5 Å². The molecule has 2 amide bonds. The van der Waals surface area contributed by atoms with Gasteiger partial charge in [-0.1, -0.05) is 13.3 Å². The summed E-state index contributed by atoms with van der Waals surface area (Å²) < 4.78 is 0. The number of amides is 2. The third kappa shape index (κ3) is 3.07. The molecule has 2 rings (SSSR count). The van der Waals surface area contributed by atoms with Crippen LogP contribution in [0.3, 0.4) is 0 Å². The lowest BCUT2D eigenvalue weighted by Crippen LogP contribution is -2.54. The molecule has 20 heavy (non-hydrogen) atoms. The topological polar surface area (TPSA) is 78.4 Å². The summed E-state index contributed by atoms with van der Waals surface area (Å²) in [6.07, 6.45) is 4.87. The fourth-order valence-electron chi connectivity index (χ4n) is 4.04. The van der Waals surface area contributed by atoms with Gasteiger partial charge in [-0.05, 0) is 51.4 Å². The van der Waals surface area contributed by atoms with Gasteiger partial charge in [0, 0.05) is 11.6 Å². The van der Waals surface area contributed by atoms with E-state index in [1.165, 1.54) is 0 Å². The molecule has 0 aliphatic heterocycles.